The Balaban J connectivity index is 1.68. The number of hydrogen-bond acceptors (Lipinski definition) is 6. The van der Waals surface area contributed by atoms with Gasteiger partial charge in [-0.25, -0.2) is 4.98 Å². The van der Waals surface area contributed by atoms with E-state index < -0.39 is 5.91 Å². The van der Waals surface area contributed by atoms with Gasteiger partial charge < -0.3 is 21.1 Å². The van der Waals surface area contributed by atoms with E-state index in [4.69, 9.17) is 10.5 Å². The number of aromatic nitrogens is 2. The smallest absolute Gasteiger partial charge is 0.254 e. The zero-order valence-electron chi connectivity index (χ0n) is 15.9. The molecule has 7 heteroatoms. The van der Waals surface area contributed by atoms with Crippen LogP contribution in [0.1, 0.15) is 75.6 Å². The SMILES string of the molecule is CCO[C@H]1CC[C@H](Nc2ncc(C(N)=O)c(NC3(C)CCCC3)n2)CC1. The summed E-state index contributed by atoms with van der Waals surface area (Å²) in [5.74, 6) is 0.597. The van der Waals surface area contributed by atoms with Crippen LogP contribution < -0.4 is 16.4 Å². The maximum atomic E-state index is 11.8. The zero-order valence-corrected chi connectivity index (χ0v) is 15.9. The second-order valence-corrected chi connectivity index (χ2v) is 7.79. The first-order valence-electron chi connectivity index (χ1n) is 9.82. The molecule has 2 fully saturated rings. The van der Waals surface area contributed by atoms with Gasteiger partial charge in [-0.15, -0.1) is 0 Å². The molecule has 0 bridgehead atoms. The molecule has 26 heavy (non-hydrogen) atoms. The van der Waals surface area contributed by atoms with Crippen LogP contribution in [0.5, 0.6) is 0 Å². The Morgan fingerprint density at radius 1 is 1.31 bits per heavy atom. The fraction of sp³-hybridized carbons (Fsp3) is 0.737. The number of rotatable bonds is 7. The van der Waals surface area contributed by atoms with Crippen LogP contribution in [0.2, 0.25) is 0 Å². The second kappa shape index (κ2) is 8.20. The number of amides is 1. The molecule has 1 aromatic heterocycles. The van der Waals surface area contributed by atoms with Gasteiger partial charge in [-0.1, -0.05) is 12.8 Å². The van der Waals surface area contributed by atoms with Crippen molar-refractivity contribution in [2.24, 2.45) is 5.73 Å². The monoisotopic (exact) mass is 361 g/mol. The lowest BCUT2D eigenvalue weighted by molar-refractivity contribution is 0.0346. The van der Waals surface area contributed by atoms with Gasteiger partial charge in [0.05, 0.1) is 11.7 Å². The first kappa shape index (κ1) is 18.9. The number of nitrogens with two attached hydrogens (primary N) is 1. The summed E-state index contributed by atoms with van der Waals surface area (Å²) in [6, 6.07) is 0.334. The van der Waals surface area contributed by atoms with Gasteiger partial charge in [0.2, 0.25) is 5.95 Å². The lowest BCUT2D eigenvalue weighted by Crippen LogP contribution is -2.34. The van der Waals surface area contributed by atoms with Crippen molar-refractivity contribution >= 4 is 17.7 Å². The van der Waals surface area contributed by atoms with Crippen LogP contribution in [0.4, 0.5) is 11.8 Å². The van der Waals surface area contributed by atoms with E-state index in [2.05, 4.69) is 27.5 Å². The summed E-state index contributed by atoms with van der Waals surface area (Å²) in [7, 11) is 0. The summed E-state index contributed by atoms with van der Waals surface area (Å²) in [5.41, 5.74) is 5.83. The van der Waals surface area contributed by atoms with Crippen molar-refractivity contribution in [2.45, 2.75) is 82.9 Å². The minimum Gasteiger partial charge on any atom is -0.379 e. The minimum absolute atomic E-state index is 0.0363. The van der Waals surface area contributed by atoms with Gasteiger partial charge in [0.15, 0.2) is 0 Å². The number of carbonyl (C=O) groups is 1. The molecule has 0 aliphatic heterocycles. The van der Waals surface area contributed by atoms with E-state index in [1.807, 2.05) is 6.92 Å². The van der Waals surface area contributed by atoms with Gasteiger partial charge >= 0.3 is 0 Å². The predicted molar refractivity (Wildman–Crippen MR) is 102 cm³/mol. The summed E-state index contributed by atoms with van der Waals surface area (Å²) in [4.78, 5) is 20.7. The molecule has 0 radical (unpaired) electrons. The van der Waals surface area contributed by atoms with Crippen LogP contribution in [0.15, 0.2) is 6.20 Å². The minimum atomic E-state index is -0.502. The number of nitrogens with zero attached hydrogens (tertiary/aromatic N) is 2. The van der Waals surface area contributed by atoms with Crippen molar-refractivity contribution in [3.63, 3.8) is 0 Å². The van der Waals surface area contributed by atoms with Gasteiger partial charge in [0.1, 0.15) is 5.82 Å². The molecular weight excluding hydrogens is 330 g/mol. The number of carbonyl (C=O) groups excluding carboxylic acids is 1. The Kier molecular flexibility index (Phi) is 5.96. The fourth-order valence-electron chi connectivity index (χ4n) is 4.09. The van der Waals surface area contributed by atoms with E-state index >= 15 is 0 Å². The van der Waals surface area contributed by atoms with Crippen LogP contribution in [-0.4, -0.2) is 40.2 Å². The summed E-state index contributed by atoms with van der Waals surface area (Å²) < 4.78 is 5.71. The van der Waals surface area contributed by atoms with Crippen LogP contribution in [0.3, 0.4) is 0 Å². The first-order valence-corrected chi connectivity index (χ1v) is 9.82. The fourth-order valence-corrected chi connectivity index (χ4v) is 4.09. The highest BCUT2D eigenvalue weighted by Crippen LogP contribution is 2.33. The number of ether oxygens (including phenoxy) is 1. The third-order valence-corrected chi connectivity index (χ3v) is 5.59. The molecule has 144 valence electrons. The molecule has 0 aromatic carbocycles. The van der Waals surface area contributed by atoms with Crippen molar-refractivity contribution in [3.8, 4) is 0 Å². The maximum absolute atomic E-state index is 11.8. The lowest BCUT2D eigenvalue weighted by Gasteiger charge is -2.29. The van der Waals surface area contributed by atoms with E-state index in [-0.39, 0.29) is 5.54 Å². The standard InChI is InChI=1S/C19H31N5O2/c1-3-26-14-8-6-13(7-9-14)22-18-21-12-15(16(20)25)17(23-18)24-19(2)10-4-5-11-19/h12-14H,3-11H2,1-2H3,(H2,20,25)(H2,21,22,23,24)/t13-,14-. The van der Waals surface area contributed by atoms with Gasteiger partial charge in [-0.05, 0) is 52.4 Å². The Bertz CT molecular complexity index is 622. The first-order chi connectivity index (χ1) is 12.5. The van der Waals surface area contributed by atoms with Gasteiger partial charge in [0.25, 0.3) is 5.91 Å². The van der Waals surface area contributed by atoms with E-state index in [1.165, 1.54) is 19.0 Å². The van der Waals surface area contributed by atoms with Crippen LogP contribution in [-0.2, 0) is 4.74 Å². The molecule has 2 saturated carbocycles. The van der Waals surface area contributed by atoms with Crippen molar-refractivity contribution in [2.75, 3.05) is 17.2 Å². The molecule has 0 saturated heterocycles. The highest BCUT2D eigenvalue weighted by atomic mass is 16.5. The summed E-state index contributed by atoms with van der Waals surface area (Å²) in [5, 5.41) is 6.87. The van der Waals surface area contributed by atoms with E-state index in [9.17, 15) is 4.79 Å². The summed E-state index contributed by atoms with van der Waals surface area (Å²) in [6.45, 7) is 4.99. The molecular formula is C19H31N5O2. The highest BCUT2D eigenvalue weighted by Gasteiger charge is 2.30. The Morgan fingerprint density at radius 2 is 2.00 bits per heavy atom. The molecule has 4 N–H and O–H groups in total. The Labute approximate surface area is 155 Å². The van der Waals surface area contributed by atoms with E-state index in [1.54, 1.807) is 0 Å². The molecule has 1 amide bonds. The van der Waals surface area contributed by atoms with Gasteiger partial charge in [0, 0.05) is 24.4 Å². The second-order valence-electron chi connectivity index (χ2n) is 7.79. The largest absolute Gasteiger partial charge is 0.379 e. The number of primary amides is 1. The van der Waals surface area contributed by atoms with Crippen molar-refractivity contribution in [1.82, 2.24) is 9.97 Å². The molecule has 0 atom stereocenters. The average molecular weight is 361 g/mol. The molecule has 0 unspecified atom stereocenters. The molecule has 2 aliphatic carbocycles. The average Bonchev–Trinajstić information content (AvgIpc) is 3.03. The zero-order chi connectivity index (χ0) is 18.6. The summed E-state index contributed by atoms with van der Waals surface area (Å²) >= 11 is 0. The van der Waals surface area contributed by atoms with E-state index in [0.717, 1.165) is 45.1 Å². The molecule has 0 spiro atoms. The third kappa shape index (κ3) is 4.63. The number of nitrogens with one attached hydrogen (secondary N) is 2. The number of anilines is 2. The maximum Gasteiger partial charge on any atom is 0.254 e. The Hall–Kier alpha value is -1.89. The van der Waals surface area contributed by atoms with Crippen LogP contribution >= 0.6 is 0 Å². The molecule has 7 nitrogen and oxygen atoms in total. The molecule has 2 aliphatic rings. The summed E-state index contributed by atoms with van der Waals surface area (Å²) in [6.07, 6.45) is 10.6. The lowest BCUT2D eigenvalue weighted by atomic mass is 9.93. The molecule has 1 aromatic rings. The quantitative estimate of drug-likeness (QED) is 0.690. The third-order valence-electron chi connectivity index (χ3n) is 5.59. The van der Waals surface area contributed by atoms with Crippen molar-refractivity contribution in [1.29, 1.82) is 0 Å². The Morgan fingerprint density at radius 3 is 2.62 bits per heavy atom. The van der Waals surface area contributed by atoms with Crippen molar-refractivity contribution in [3.05, 3.63) is 11.8 Å². The highest BCUT2D eigenvalue weighted by molar-refractivity contribution is 5.97. The molecule has 3 rings (SSSR count). The van der Waals surface area contributed by atoms with Crippen LogP contribution in [0.25, 0.3) is 0 Å². The normalized spacial score (nSPS) is 25.0. The van der Waals surface area contributed by atoms with Gasteiger partial charge in [-0.3, -0.25) is 4.79 Å². The topological polar surface area (TPSA) is 102 Å². The van der Waals surface area contributed by atoms with Gasteiger partial charge in [-0.2, -0.15) is 4.98 Å². The predicted octanol–water partition coefficient (Wildman–Crippen LogP) is 3.08. The van der Waals surface area contributed by atoms with Crippen molar-refractivity contribution < 1.29 is 9.53 Å². The van der Waals surface area contributed by atoms with Crippen LogP contribution in [0, 0.1) is 0 Å². The number of hydrogen-bond donors (Lipinski definition) is 3. The molecule has 1 heterocycles. The van der Waals surface area contributed by atoms with E-state index in [0.29, 0.717) is 29.5 Å².